The predicted octanol–water partition coefficient (Wildman–Crippen LogP) is 1.75. The zero-order valence-corrected chi connectivity index (χ0v) is 5.50. The standard InChI is InChI=1S/C5H8.Ti/c1-3-5-4-2;/h3-5H,1H2,2H3;/q;+2/b5-4+;. The third kappa shape index (κ3) is 8.89. The van der Waals surface area contributed by atoms with Gasteiger partial charge in [-0.15, -0.1) is 0 Å². The molecule has 0 fully saturated rings. The van der Waals surface area contributed by atoms with Gasteiger partial charge in [-0.3, -0.25) is 0 Å². The molecule has 0 saturated carbocycles. The van der Waals surface area contributed by atoms with Crippen LogP contribution in [0.5, 0.6) is 0 Å². The minimum atomic E-state index is 0. The summed E-state index contributed by atoms with van der Waals surface area (Å²) in [6.45, 7) is 5.42. The van der Waals surface area contributed by atoms with Crippen LogP contribution in [0.4, 0.5) is 0 Å². The molecule has 0 nitrogen and oxygen atoms in total. The summed E-state index contributed by atoms with van der Waals surface area (Å²) >= 11 is 0. The van der Waals surface area contributed by atoms with E-state index in [0.717, 1.165) is 0 Å². The largest absolute Gasteiger partial charge is 2.00 e. The monoisotopic (exact) mass is 116 g/mol. The van der Waals surface area contributed by atoms with E-state index in [1.807, 2.05) is 19.1 Å². The maximum atomic E-state index is 3.46. The second-order valence-corrected chi connectivity index (χ2v) is 0.761. The van der Waals surface area contributed by atoms with Crippen LogP contribution in [0.25, 0.3) is 0 Å². The van der Waals surface area contributed by atoms with E-state index >= 15 is 0 Å². The van der Waals surface area contributed by atoms with Crippen molar-refractivity contribution in [2.24, 2.45) is 0 Å². The van der Waals surface area contributed by atoms with E-state index in [1.54, 1.807) is 6.08 Å². The van der Waals surface area contributed by atoms with Crippen LogP contribution >= 0.6 is 0 Å². The summed E-state index contributed by atoms with van der Waals surface area (Å²) in [7, 11) is 0. The van der Waals surface area contributed by atoms with Gasteiger partial charge in [-0.1, -0.05) is 24.8 Å². The van der Waals surface area contributed by atoms with Crippen molar-refractivity contribution in [2.75, 3.05) is 0 Å². The Morgan fingerprint density at radius 3 is 2.00 bits per heavy atom. The number of hydrogen-bond donors (Lipinski definition) is 0. The van der Waals surface area contributed by atoms with Gasteiger partial charge in [0.1, 0.15) is 0 Å². The van der Waals surface area contributed by atoms with Crippen LogP contribution < -0.4 is 0 Å². The molecule has 0 unspecified atom stereocenters. The van der Waals surface area contributed by atoms with Gasteiger partial charge in [0.2, 0.25) is 0 Å². The third-order valence-electron chi connectivity index (χ3n) is 0.329. The minimum Gasteiger partial charge on any atom is -0.0991 e. The molecule has 0 atom stereocenters. The maximum absolute atomic E-state index is 3.46. The van der Waals surface area contributed by atoms with E-state index in [4.69, 9.17) is 0 Å². The molecule has 30 valence electrons. The van der Waals surface area contributed by atoms with Crippen molar-refractivity contribution in [1.29, 1.82) is 0 Å². The van der Waals surface area contributed by atoms with Crippen molar-refractivity contribution in [2.45, 2.75) is 6.92 Å². The molecule has 0 aromatic heterocycles. The molecule has 0 heterocycles. The Morgan fingerprint density at radius 1 is 1.50 bits per heavy atom. The molecule has 0 aromatic carbocycles. The Bertz CT molecular complexity index is 45.9. The van der Waals surface area contributed by atoms with Gasteiger partial charge in [0.15, 0.2) is 0 Å². The first-order valence-corrected chi connectivity index (χ1v) is 1.65. The second-order valence-electron chi connectivity index (χ2n) is 0.761. The zero-order chi connectivity index (χ0) is 4.12. The van der Waals surface area contributed by atoms with E-state index in [-0.39, 0.29) is 21.7 Å². The van der Waals surface area contributed by atoms with Crippen molar-refractivity contribution in [3.05, 3.63) is 24.8 Å². The molecule has 0 spiro atoms. The number of rotatable bonds is 1. The molecule has 0 amide bonds. The molecule has 0 aliphatic heterocycles. The van der Waals surface area contributed by atoms with E-state index in [2.05, 4.69) is 6.58 Å². The summed E-state index contributed by atoms with van der Waals surface area (Å²) in [4.78, 5) is 0. The molecule has 0 N–H and O–H groups in total. The average molecular weight is 116 g/mol. The van der Waals surface area contributed by atoms with Crippen molar-refractivity contribution >= 4 is 0 Å². The Labute approximate surface area is 53.8 Å². The summed E-state index contributed by atoms with van der Waals surface area (Å²) in [5, 5.41) is 0. The fourth-order valence-electron chi connectivity index (χ4n) is 0.136. The Balaban J connectivity index is 0. The van der Waals surface area contributed by atoms with Gasteiger partial charge in [0.05, 0.1) is 0 Å². The van der Waals surface area contributed by atoms with Crippen molar-refractivity contribution in [3.8, 4) is 0 Å². The predicted molar refractivity (Wildman–Crippen MR) is 25.0 cm³/mol. The van der Waals surface area contributed by atoms with E-state index in [1.165, 1.54) is 0 Å². The normalized spacial score (nSPS) is 7.50. The molecule has 0 aromatic rings. The van der Waals surface area contributed by atoms with E-state index < -0.39 is 0 Å². The topological polar surface area (TPSA) is 0 Å². The molecule has 0 saturated heterocycles. The van der Waals surface area contributed by atoms with Gasteiger partial charge in [0.25, 0.3) is 0 Å². The summed E-state index contributed by atoms with van der Waals surface area (Å²) in [6, 6.07) is 0. The molecular formula is C5H8Ti+2. The minimum absolute atomic E-state index is 0. The first-order valence-electron chi connectivity index (χ1n) is 1.65. The SMILES string of the molecule is C=C/C=C/C.[Ti+2]. The van der Waals surface area contributed by atoms with Crippen LogP contribution in [0.1, 0.15) is 6.92 Å². The van der Waals surface area contributed by atoms with Crippen LogP contribution in [0.2, 0.25) is 0 Å². The van der Waals surface area contributed by atoms with Crippen LogP contribution in [0.3, 0.4) is 0 Å². The second kappa shape index (κ2) is 8.96. The molecule has 0 aliphatic rings. The average Bonchev–Trinajstić information content (AvgIpc) is 1.41. The quantitative estimate of drug-likeness (QED) is 0.361. The molecule has 6 heavy (non-hydrogen) atoms. The third-order valence-corrected chi connectivity index (χ3v) is 0.329. The summed E-state index contributed by atoms with van der Waals surface area (Å²) in [5.74, 6) is 0. The van der Waals surface area contributed by atoms with Crippen molar-refractivity contribution in [1.82, 2.24) is 0 Å². The van der Waals surface area contributed by atoms with Crippen LogP contribution in [0, 0.1) is 0 Å². The molecule has 0 aliphatic carbocycles. The van der Waals surface area contributed by atoms with Gasteiger partial charge >= 0.3 is 21.7 Å². The van der Waals surface area contributed by atoms with Gasteiger partial charge in [-0.25, -0.2) is 0 Å². The first kappa shape index (κ1) is 9.50. The Kier molecular flexibility index (Phi) is 14.2. The molecule has 1 heteroatoms. The van der Waals surface area contributed by atoms with Crippen molar-refractivity contribution < 1.29 is 21.7 Å². The maximum Gasteiger partial charge on any atom is 2.00 e. The fourth-order valence-corrected chi connectivity index (χ4v) is 0.136. The Morgan fingerprint density at radius 2 is 2.00 bits per heavy atom. The summed E-state index contributed by atoms with van der Waals surface area (Å²) in [5.41, 5.74) is 0. The van der Waals surface area contributed by atoms with Crippen LogP contribution in [-0.2, 0) is 21.7 Å². The van der Waals surface area contributed by atoms with E-state index in [9.17, 15) is 0 Å². The van der Waals surface area contributed by atoms with Crippen LogP contribution in [-0.4, -0.2) is 0 Å². The van der Waals surface area contributed by atoms with Gasteiger partial charge < -0.3 is 0 Å². The number of allylic oxidation sites excluding steroid dienone is 3. The van der Waals surface area contributed by atoms with E-state index in [0.29, 0.717) is 0 Å². The smallest absolute Gasteiger partial charge is 0.0991 e. The molecular weight excluding hydrogens is 108 g/mol. The fraction of sp³-hybridized carbons (Fsp3) is 0.200. The Hall–Kier alpha value is 0.194. The van der Waals surface area contributed by atoms with Crippen molar-refractivity contribution in [3.63, 3.8) is 0 Å². The van der Waals surface area contributed by atoms with Gasteiger partial charge in [-0.05, 0) is 6.92 Å². The summed E-state index contributed by atoms with van der Waals surface area (Å²) < 4.78 is 0. The first-order chi connectivity index (χ1) is 2.41. The van der Waals surface area contributed by atoms with Gasteiger partial charge in [0, 0.05) is 0 Å². The molecule has 0 radical (unpaired) electrons. The summed E-state index contributed by atoms with van der Waals surface area (Å²) in [6.07, 6.45) is 5.58. The zero-order valence-electron chi connectivity index (χ0n) is 3.94. The molecule has 0 bridgehead atoms. The molecule has 0 rings (SSSR count). The van der Waals surface area contributed by atoms with Crippen LogP contribution in [0.15, 0.2) is 24.8 Å². The number of hydrogen-bond acceptors (Lipinski definition) is 0. The van der Waals surface area contributed by atoms with Gasteiger partial charge in [-0.2, -0.15) is 0 Å².